The molecule has 0 saturated carbocycles. The Labute approximate surface area is 103 Å². The highest BCUT2D eigenvalue weighted by atomic mass is 32.6. The molecular weight excluding hydrogens is 274 g/mol. The highest BCUT2D eigenvalue weighted by Crippen LogP contribution is 2.65. The monoisotopic (exact) mass is 289 g/mol. The normalized spacial score (nSPS) is 22.4. The molecule has 6 heteroatoms. The number of carbonyl (C=O) groups excluding carboxylic acids is 1. The molecular formula is C10H15NOP4. The number of nitrogens with zero attached hydrogens (tertiary/aromatic N) is 1. The Morgan fingerprint density at radius 3 is 3.06 bits per heavy atom. The third-order valence-electron chi connectivity index (χ3n) is 2.92. The van der Waals surface area contributed by atoms with Crippen molar-refractivity contribution >= 4 is 44.3 Å². The van der Waals surface area contributed by atoms with Gasteiger partial charge in [-0.1, -0.05) is 14.9 Å². The van der Waals surface area contributed by atoms with E-state index in [1.165, 1.54) is 16.6 Å². The number of fused-ring (bicyclic) bond motifs is 1. The molecule has 2 rings (SSSR count). The molecule has 2 nitrogen and oxygen atoms in total. The van der Waals surface area contributed by atoms with Gasteiger partial charge in [-0.2, -0.15) is 0 Å². The molecule has 0 bridgehead atoms. The van der Waals surface area contributed by atoms with Crippen LogP contribution in [-0.4, -0.2) is 10.8 Å². The third kappa shape index (κ3) is 2.52. The lowest BCUT2D eigenvalue weighted by Gasteiger charge is -2.24. The molecule has 0 spiro atoms. The van der Waals surface area contributed by atoms with E-state index in [-0.39, 0.29) is 13.2 Å². The number of rotatable bonds is 2. The number of hydrogen-bond donors (Lipinski definition) is 0. The van der Waals surface area contributed by atoms with Gasteiger partial charge in [-0.25, -0.2) is 0 Å². The zero-order chi connectivity index (χ0) is 11.7. The molecule has 0 aromatic carbocycles. The second-order valence-corrected chi connectivity index (χ2v) is 13.1. The van der Waals surface area contributed by atoms with Gasteiger partial charge in [-0.05, 0) is 30.9 Å². The van der Waals surface area contributed by atoms with Crippen molar-refractivity contribution in [2.24, 2.45) is 5.92 Å². The summed E-state index contributed by atoms with van der Waals surface area (Å²) in [6.07, 6.45) is 3.32. The minimum Gasteiger partial charge on any atom is -0.299 e. The smallest absolute Gasteiger partial charge is 0.140 e. The Hall–Kier alpha value is 0.540. The summed E-state index contributed by atoms with van der Waals surface area (Å²) in [6.45, 7) is 2.02. The van der Waals surface area contributed by atoms with Crippen LogP contribution in [0.1, 0.15) is 18.1 Å². The molecule has 1 aromatic rings. The lowest BCUT2D eigenvalue weighted by Crippen LogP contribution is -2.27. The second-order valence-electron chi connectivity index (χ2n) is 4.02. The van der Waals surface area contributed by atoms with E-state index in [0.717, 1.165) is 14.4 Å². The van der Waals surface area contributed by atoms with Crippen LogP contribution in [-0.2, 0) is 17.6 Å². The topological polar surface area (TPSA) is 30.0 Å². The summed E-state index contributed by atoms with van der Waals surface area (Å²) >= 11 is 0. The van der Waals surface area contributed by atoms with Crippen molar-refractivity contribution in [1.29, 1.82) is 0 Å². The van der Waals surface area contributed by atoms with Crippen molar-refractivity contribution < 1.29 is 4.79 Å². The SMILES string of the molecule is CC1Cc2c(ccnc2P(P)PP)CC1=O. The molecule has 16 heavy (non-hydrogen) atoms. The van der Waals surface area contributed by atoms with Crippen LogP contribution in [0.25, 0.3) is 0 Å². The minimum absolute atomic E-state index is 0.164. The Balaban J connectivity index is 2.44. The molecule has 5 unspecified atom stereocenters. The second kappa shape index (κ2) is 5.46. The Bertz CT molecular complexity index is 423. The number of carbonyl (C=O) groups is 1. The lowest BCUT2D eigenvalue weighted by molar-refractivity contribution is -0.122. The highest BCUT2D eigenvalue weighted by molar-refractivity contribution is 8.63. The van der Waals surface area contributed by atoms with Crippen LogP contribution in [0.15, 0.2) is 12.3 Å². The van der Waals surface area contributed by atoms with Gasteiger partial charge in [-0.15, -0.1) is 17.9 Å². The maximum atomic E-state index is 11.7. The Morgan fingerprint density at radius 2 is 2.38 bits per heavy atom. The summed E-state index contributed by atoms with van der Waals surface area (Å²) in [5, 5.41) is 0. The molecule has 1 aliphatic carbocycles. The molecule has 1 aromatic heterocycles. The van der Waals surface area contributed by atoms with Crippen molar-refractivity contribution in [1.82, 2.24) is 4.98 Å². The Kier molecular flexibility index (Phi) is 4.43. The molecule has 0 amide bonds. The van der Waals surface area contributed by atoms with E-state index in [1.54, 1.807) is 0 Å². The molecule has 0 fully saturated rings. The van der Waals surface area contributed by atoms with Crippen LogP contribution in [0.5, 0.6) is 0 Å². The van der Waals surface area contributed by atoms with E-state index in [9.17, 15) is 4.79 Å². The average Bonchev–Trinajstić information content (AvgIpc) is 2.29. The van der Waals surface area contributed by atoms with Crippen LogP contribution >= 0.6 is 33.1 Å². The molecule has 5 atom stereocenters. The number of ketones is 1. The van der Waals surface area contributed by atoms with Crippen LogP contribution in [0.3, 0.4) is 0 Å². The highest BCUT2D eigenvalue weighted by Gasteiger charge is 2.26. The number of aromatic nitrogens is 1. The summed E-state index contributed by atoms with van der Waals surface area (Å²) in [7, 11) is 6.29. The van der Waals surface area contributed by atoms with Crippen molar-refractivity contribution in [3.63, 3.8) is 0 Å². The number of pyridine rings is 1. The van der Waals surface area contributed by atoms with Crippen molar-refractivity contribution in [2.75, 3.05) is 0 Å². The maximum absolute atomic E-state index is 11.7. The van der Waals surface area contributed by atoms with Gasteiger partial charge in [0.1, 0.15) is 5.78 Å². The van der Waals surface area contributed by atoms with Crippen LogP contribution in [0, 0.1) is 5.92 Å². The molecule has 0 aliphatic heterocycles. The fourth-order valence-corrected chi connectivity index (χ4v) is 5.51. The van der Waals surface area contributed by atoms with E-state index in [4.69, 9.17) is 0 Å². The van der Waals surface area contributed by atoms with Crippen molar-refractivity contribution in [3.8, 4) is 0 Å². The first-order valence-corrected chi connectivity index (χ1v) is 11.7. The molecule has 1 heterocycles. The predicted octanol–water partition coefficient (Wildman–Crippen LogP) is 2.67. The summed E-state index contributed by atoms with van der Waals surface area (Å²) in [6, 6.07) is 2.00. The van der Waals surface area contributed by atoms with E-state index in [0.29, 0.717) is 12.2 Å². The zero-order valence-corrected chi connectivity index (χ0v) is 13.3. The van der Waals surface area contributed by atoms with Gasteiger partial charge in [0.05, 0.1) is 5.44 Å². The first-order chi connectivity index (χ1) is 7.63. The molecule has 86 valence electrons. The van der Waals surface area contributed by atoms with Crippen LogP contribution < -0.4 is 5.44 Å². The lowest BCUT2D eigenvalue weighted by atomic mass is 9.85. The van der Waals surface area contributed by atoms with Crippen LogP contribution in [0.2, 0.25) is 0 Å². The van der Waals surface area contributed by atoms with Gasteiger partial charge in [0.25, 0.3) is 0 Å². The fraction of sp³-hybridized carbons (Fsp3) is 0.400. The largest absolute Gasteiger partial charge is 0.299 e. The summed E-state index contributed by atoms with van der Waals surface area (Å²) in [4.78, 5) is 16.2. The molecule has 0 radical (unpaired) electrons. The van der Waals surface area contributed by atoms with Crippen molar-refractivity contribution in [2.45, 2.75) is 19.8 Å². The molecule has 0 N–H and O–H groups in total. The minimum atomic E-state index is -0.236. The van der Waals surface area contributed by atoms with Gasteiger partial charge in [0, 0.05) is 18.5 Å². The fourth-order valence-electron chi connectivity index (χ4n) is 1.96. The summed E-state index contributed by atoms with van der Waals surface area (Å²) < 4.78 is 0. The number of hydrogen-bond acceptors (Lipinski definition) is 2. The Morgan fingerprint density at radius 1 is 1.62 bits per heavy atom. The first-order valence-electron chi connectivity index (χ1n) is 5.14. The molecule has 0 saturated heterocycles. The van der Waals surface area contributed by atoms with E-state index in [2.05, 4.69) is 22.8 Å². The molecule has 1 aliphatic rings. The number of Topliss-reactive ketones (excluding diaryl/α,β-unsaturated/α-hetero) is 1. The van der Waals surface area contributed by atoms with Crippen molar-refractivity contribution in [3.05, 3.63) is 23.4 Å². The zero-order valence-electron chi connectivity index (χ0n) is 9.10. The third-order valence-corrected chi connectivity index (χ3v) is 12.8. The first kappa shape index (κ1) is 13.0. The van der Waals surface area contributed by atoms with Gasteiger partial charge in [0.2, 0.25) is 0 Å². The predicted molar refractivity (Wildman–Crippen MR) is 80.1 cm³/mol. The van der Waals surface area contributed by atoms with E-state index >= 15 is 0 Å². The van der Waals surface area contributed by atoms with Gasteiger partial charge >= 0.3 is 0 Å². The summed E-state index contributed by atoms with van der Waals surface area (Å²) in [5.41, 5.74) is 3.77. The summed E-state index contributed by atoms with van der Waals surface area (Å²) in [5.74, 6) is 0.530. The van der Waals surface area contributed by atoms with Gasteiger partial charge in [-0.3, -0.25) is 9.78 Å². The average molecular weight is 289 g/mol. The van der Waals surface area contributed by atoms with Crippen LogP contribution in [0.4, 0.5) is 0 Å². The van der Waals surface area contributed by atoms with Gasteiger partial charge < -0.3 is 0 Å². The van der Waals surface area contributed by atoms with E-state index < -0.39 is 0 Å². The standard InChI is InChI=1S/C10H15NOP4/c1-6-4-8-7(5-9(6)12)2-3-11-10(8)16(14)15-13/h2-3,6,15H,4-5,13-14H2,1H3. The maximum Gasteiger partial charge on any atom is 0.140 e. The van der Waals surface area contributed by atoms with E-state index in [1.807, 2.05) is 19.2 Å². The quantitative estimate of drug-likeness (QED) is 0.783. The van der Waals surface area contributed by atoms with Gasteiger partial charge in [0.15, 0.2) is 0 Å².